The maximum atomic E-state index is 5.18. The number of unbranched alkanes of at least 4 members (excludes halogenated alkanes) is 2. The minimum Gasteiger partial charge on any atom is -0.313 e. The van der Waals surface area contributed by atoms with Gasteiger partial charge in [0.1, 0.15) is 0 Å². The van der Waals surface area contributed by atoms with Gasteiger partial charge in [0.15, 0.2) is 0 Å². The Morgan fingerprint density at radius 2 is 2.00 bits per heavy atom. The number of hydrogen-bond donors (Lipinski definition) is 1. The summed E-state index contributed by atoms with van der Waals surface area (Å²) in [4.78, 5) is 0. The van der Waals surface area contributed by atoms with E-state index in [4.69, 9.17) is 6.42 Å². The van der Waals surface area contributed by atoms with Crippen molar-refractivity contribution in [2.75, 3.05) is 13.1 Å². The van der Waals surface area contributed by atoms with E-state index in [0.717, 1.165) is 37.9 Å². The van der Waals surface area contributed by atoms with Crippen LogP contribution in [0.25, 0.3) is 5.57 Å². The summed E-state index contributed by atoms with van der Waals surface area (Å²) in [5.41, 5.74) is 2.34. The Morgan fingerprint density at radius 1 is 1.25 bits per heavy atom. The smallest absolute Gasteiger partial charge is 0.0205 e. The van der Waals surface area contributed by atoms with Gasteiger partial charge in [-0.3, -0.25) is 0 Å². The van der Waals surface area contributed by atoms with Crippen LogP contribution in [0.2, 0.25) is 0 Å². The Kier molecular flexibility index (Phi) is 6.06. The van der Waals surface area contributed by atoms with Gasteiger partial charge < -0.3 is 5.32 Å². The molecule has 1 rings (SSSR count). The summed E-state index contributed by atoms with van der Waals surface area (Å²) < 4.78 is 0. The van der Waals surface area contributed by atoms with Gasteiger partial charge >= 0.3 is 0 Å². The van der Waals surface area contributed by atoms with E-state index in [2.05, 4.69) is 29.9 Å². The van der Waals surface area contributed by atoms with Crippen molar-refractivity contribution < 1.29 is 0 Å². The van der Waals surface area contributed by atoms with Crippen molar-refractivity contribution in [3.05, 3.63) is 42.5 Å². The highest BCUT2D eigenvalue weighted by Gasteiger charge is 1.96. The third-order valence-electron chi connectivity index (χ3n) is 2.45. The molecule has 0 aromatic heterocycles. The topological polar surface area (TPSA) is 12.0 Å². The van der Waals surface area contributed by atoms with E-state index in [-0.39, 0.29) is 0 Å². The fourth-order valence-corrected chi connectivity index (χ4v) is 1.49. The van der Waals surface area contributed by atoms with Crippen molar-refractivity contribution in [1.82, 2.24) is 5.32 Å². The molecule has 0 amide bonds. The second-order valence-electron chi connectivity index (χ2n) is 3.81. The van der Waals surface area contributed by atoms with E-state index in [1.807, 2.05) is 18.2 Å². The van der Waals surface area contributed by atoms with Crippen molar-refractivity contribution in [2.24, 2.45) is 0 Å². The fraction of sp³-hybridized carbons (Fsp3) is 0.333. The minimum absolute atomic E-state index is 0.847. The van der Waals surface area contributed by atoms with E-state index >= 15 is 0 Å². The molecule has 0 spiro atoms. The number of hydrogen-bond acceptors (Lipinski definition) is 1. The van der Waals surface area contributed by atoms with Crippen LogP contribution >= 0.6 is 0 Å². The van der Waals surface area contributed by atoms with Crippen LogP contribution in [-0.4, -0.2) is 13.1 Å². The molecular weight excluding hydrogens is 194 g/mol. The molecular formula is C15H19N. The van der Waals surface area contributed by atoms with E-state index in [9.17, 15) is 0 Å². The Hall–Kier alpha value is -1.52. The average molecular weight is 213 g/mol. The number of terminal acetylenes is 1. The largest absolute Gasteiger partial charge is 0.313 e. The van der Waals surface area contributed by atoms with Crippen molar-refractivity contribution >= 4 is 5.57 Å². The Labute approximate surface area is 98.6 Å². The second kappa shape index (κ2) is 7.73. The molecule has 0 aliphatic heterocycles. The Bertz CT molecular complexity index is 345. The summed E-state index contributed by atoms with van der Waals surface area (Å²) in [6, 6.07) is 10.3. The molecule has 0 fully saturated rings. The Morgan fingerprint density at radius 3 is 2.69 bits per heavy atom. The lowest BCUT2D eigenvalue weighted by molar-refractivity contribution is 0.669. The van der Waals surface area contributed by atoms with Crippen LogP contribution in [0.5, 0.6) is 0 Å². The first kappa shape index (κ1) is 12.5. The summed E-state index contributed by atoms with van der Waals surface area (Å²) in [6.45, 7) is 5.92. The van der Waals surface area contributed by atoms with Gasteiger partial charge in [0.25, 0.3) is 0 Å². The zero-order chi connectivity index (χ0) is 11.6. The quantitative estimate of drug-likeness (QED) is 0.542. The van der Waals surface area contributed by atoms with Crippen LogP contribution in [0, 0.1) is 12.3 Å². The molecule has 0 unspecified atom stereocenters. The maximum Gasteiger partial charge on any atom is 0.0205 e. The predicted octanol–water partition coefficient (Wildman–Crippen LogP) is 3.09. The third kappa shape index (κ3) is 4.82. The lowest BCUT2D eigenvalue weighted by Crippen LogP contribution is -2.17. The van der Waals surface area contributed by atoms with Crippen molar-refractivity contribution in [1.29, 1.82) is 0 Å². The fourth-order valence-electron chi connectivity index (χ4n) is 1.49. The molecule has 0 heterocycles. The van der Waals surface area contributed by atoms with Gasteiger partial charge in [-0.05, 0) is 30.5 Å². The van der Waals surface area contributed by atoms with Gasteiger partial charge in [0, 0.05) is 13.0 Å². The molecule has 0 saturated carbocycles. The van der Waals surface area contributed by atoms with Crippen LogP contribution in [0.15, 0.2) is 36.9 Å². The summed E-state index contributed by atoms with van der Waals surface area (Å²) in [7, 11) is 0. The standard InChI is InChI=1S/C15H19N/c1-3-4-5-9-12-16-13-14(2)15-10-7-6-8-11-15/h1,6-8,10-11,16H,2,4-5,9,12-13H2. The number of nitrogens with one attached hydrogen (secondary N) is 1. The molecule has 0 saturated heterocycles. The third-order valence-corrected chi connectivity index (χ3v) is 2.45. The lowest BCUT2D eigenvalue weighted by atomic mass is 10.1. The minimum atomic E-state index is 0.847. The van der Waals surface area contributed by atoms with E-state index in [0.29, 0.717) is 0 Å². The van der Waals surface area contributed by atoms with Crippen LogP contribution in [0.3, 0.4) is 0 Å². The number of benzene rings is 1. The van der Waals surface area contributed by atoms with Gasteiger partial charge in [0.2, 0.25) is 0 Å². The first-order valence-electron chi connectivity index (χ1n) is 5.72. The van der Waals surface area contributed by atoms with Gasteiger partial charge in [-0.2, -0.15) is 0 Å². The van der Waals surface area contributed by atoms with Crippen LogP contribution in [0.4, 0.5) is 0 Å². The zero-order valence-electron chi connectivity index (χ0n) is 9.71. The van der Waals surface area contributed by atoms with E-state index in [1.165, 1.54) is 5.56 Å². The molecule has 16 heavy (non-hydrogen) atoms. The number of rotatable bonds is 7. The first-order valence-corrected chi connectivity index (χ1v) is 5.72. The highest BCUT2D eigenvalue weighted by atomic mass is 14.8. The van der Waals surface area contributed by atoms with E-state index < -0.39 is 0 Å². The zero-order valence-corrected chi connectivity index (χ0v) is 9.71. The van der Waals surface area contributed by atoms with Gasteiger partial charge in [-0.1, -0.05) is 36.9 Å². The summed E-state index contributed by atoms with van der Waals surface area (Å²) >= 11 is 0. The van der Waals surface area contributed by atoms with E-state index in [1.54, 1.807) is 0 Å². The second-order valence-corrected chi connectivity index (χ2v) is 3.81. The molecule has 84 valence electrons. The highest BCUT2D eigenvalue weighted by molar-refractivity contribution is 5.64. The van der Waals surface area contributed by atoms with Crippen molar-refractivity contribution in [3.8, 4) is 12.3 Å². The molecule has 1 N–H and O–H groups in total. The molecule has 1 aromatic rings. The molecule has 0 aliphatic rings. The normalized spacial score (nSPS) is 9.69. The van der Waals surface area contributed by atoms with Gasteiger partial charge in [0.05, 0.1) is 0 Å². The first-order chi connectivity index (χ1) is 7.84. The van der Waals surface area contributed by atoms with Crippen molar-refractivity contribution in [3.63, 3.8) is 0 Å². The average Bonchev–Trinajstić information content (AvgIpc) is 2.34. The molecule has 0 atom stereocenters. The molecule has 1 nitrogen and oxygen atoms in total. The summed E-state index contributed by atoms with van der Waals surface area (Å²) in [6.07, 6.45) is 8.29. The lowest BCUT2D eigenvalue weighted by Gasteiger charge is -2.07. The summed E-state index contributed by atoms with van der Waals surface area (Å²) in [5, 5.41) is 3.37. The van der Waals surface area contributed by atoms with Crippen LogP contribution < -0.4 is 5.32 Å². The molecule has 0 bridgehead atoms. The van der Waals surface area contributed by atoms with Crippen molar-refractivity contribution in [2.45, 2.75) is 19.3 Å². The van der Waals surface area contributed by atoms with Gasteiger partial charge in [-0.25, -0.2) is 0 Å². The molecule has 1 heteroatoms. The van der Waals surface area contributed by atoms with Gasteiger partial charge in [-0.15, -0.1) is 12.3 Å². The summed E-state index contributed by atoms with van der Waals surface area (Å²) in [5.74, 6) is 2.65. The highest BCUT2D eigenvalue weighted by Crippen LogP contribution is 2.09. The monoisotopic (exact) mass is 213 g/mol. The molecule has 1 aromatic carbocycles. The molecule has 0 radical (unpaired) electrons. The maximum absolute atomic E-state index is 5.18. The SMILES string of the molecule is C#CCCCCNCC(=C)c1ccccc1. The Balaban J connectivity index is 2.15. The predicted molar refractivity (Wildman–Crippen MR) is 71.0 cm³/mol. The van der Waals surface area contributed by atoms with Crippen LogP contribution in [0.1, 0.15) is 24.8 Å². The molecule has 0 aliphatic carbocycles. The van der Waals surface area contributed by atoms with Crippen LogP contribution in [-0.2, 0) is 0 Å².